The van der Waals surface area contributed by atoms with Crippen LogP contribution >= 0.6 is 0 Å². The first kappa shape index (κ1) is 17.6. The van der Waals surface area contributed by atoms with Crippen LogP contribution in [0.4, 0.5) is 0 Å². The normalized spacial score (nSPS) is 11.7. The van der Waals surface area contributed by atoms with Gasteiger partial charge in [-0.25, -0.2) is 0 Å². The molecule has 3 aromatic rings. The number of carbonyl (C=O) groups excluding carboxylic acids is 2. The van der Waals surface area contributed by atoms with Gasteiger partial charge in [-0.1, -0.05) is 48.5 Å². The van der Waals surface area contributed by atoms with Gasteiger partial charge in [0.25, 0.3) is 5.91 Å². The number of nitrogens with zero attached hydrogens (tertiary/aromatic N) is 1. The molecular formula is C20H19N3O3. The predicted molar refractivity (Wildman–Crippen MR) is 98.4 cm³/mol. The molecule has 1 atom stereocenters. The topological polar surface area (TPSA) is 91.3 Å². The number of hydrogen-bond acceptors (Lipinski definition) is 4. The molecule has 6 heteroatoms. The molecular weight excluding hydrogens is 330 g/mol. The Morgan fingerprint density at radius 2 is 1.73 bits per heavy atom. The maximum Gasteiger partial charge on any atom is 0.252 e. The van der Waals surface area contributed by atoms with E-state index in [1.165, 1.54) is 0 Å². The Kier molecular flexibility index (Phi) is 5.56. The summed E-state index contributed by atoms with van der Waals surface area (Å²) in [5.74, 6) is -0.874. The molecule has 0 bridgehead atoms. The van der Waals surface area contributed by atoms with E-state index in [9.17, 15) is 14.7 Å². The van der Waals surface area contributed by atoms with Crippen LogP contribution in [0.15, 0.2) is 66.9 Å². The molecule has 132 valence electrons. The Labute approximate surface area is 150 Å². The van der Waals surface area contributed by atoms with Crippen LogP contribution in [-0.4, -0.2) is 34.6 Å². The van der Waals surface area contributed by atoms with Gasteiger partial charge in [0.15, 0.2) is 0 Å². The lowest BCUT2D eigenvalue weighted by Crippen LogP contribution is -2.48. The van der Waals surface area contributed by atoms with E-state index >= 15 is 0 Å². The Hall–Kier alpha value is -3.25. The Bertz CT molecular complexity index is 907. The Morgan fingerprint density at radius 1 is 1.00 bits per heavy atom. The van der Waals surface area contributed by atoms with Crippen molar-refractivity contribution in [1.29, 1.82) is 0 Å². The molecule has 0 fully saturated rings. The van der Waals surface area contributed by atoms with Crippen molar-refractivity contribution in [3.8, 4) is 0 Å². The van der Waals surface area contributed by atoms with Crippen molar-refractivity contribution in [2.75, 3.05) is 6.61 Å². The van der Waals surface area contributed by atoms with Gasteiger partial charge >= 0.3 is 0 Å². The van der Waals surface area contributed by atoms with Gasteiger partial charge in [-0.2, -0.15) is 0 Å². The number of amides is 2. The highest BCUT2D eigenvalue weighted by atomic mass is 16.3. The van der Waals surface area contributed by atoms with Gasteiger partial charge in [0.2, 0.25) is 5.91 Å². The maximum absolute atomic E-state index is 12.6. The van der Waals surface area contributed by atoms with Gasteiger partial charge in [0, 0.05) is 18.1 Å². The van der Waals surface area contributed by atoms with E-state index in [-0.39, 0.29) is 0 Å². The number of benzene rings is 2. The van der Waals surface area contributed by atoms with Crippen molar-refractivity contribution in [2.24, 2.45) is 0 Å². The Balaban J connectivity index is 1.68. The molecule has 0 spiro atoms. The molecule has 0 aliphatic heterocycles. The second-order valence-corrected chi connectivity index (χ2v) is 5.79. The average molecular weight is 349 g/mol. The van der Waals surface area contributed by atoms with Crippen LogP contribution < -0.4 is 10.6 Å². The van der Waals surface area contributed by atoms with E-state index in [2.05, 4.69) is 15.6 Å². The van der Waals surface area contributed by atoms with Crippen molar-refractivity contribution < 1.29 is 14.7 Å². The maximum atomic E-state index is 12.6. The predicted octanol–water partition coefficient (Wildman–Crippen LogP) is 1.64. The van der Waals surface area contributed by atoms with Gasteiger partial charge in [0.05, 0.1) is 17.7 Å². The average Bonchev–Trinajstić information content (AvgIpc) is 2.70. The van der Waals surface area contributed by atoms with E-state index in [0.29, 0.717) is 23.0 Å². The zero-order valence-corrected chi connectivity index (χ0v) is 14.1. The zero-order valence-electron chi connectivity index (χ0n) is 14.1. The lowest BCUT2D eigenvalue weighted by Gasteiger charge is -2.17. The zero-order chi connectivity index (χ0) is 18.4. The van der Waals surface area contributed by atoms with E-state index < -0.39 is 24.5 Å². The third-order valence-electron chi connectivity index (χ3n) is 4.01. The van der Waals surface area contributed by atoms with Crippen LogP contribution in [0.2, 0.25) is 0 Å². The SMILES string of the molecule is O=C(NC(CO)C(=O)NCc1ccccc1)c1ccnc2ccccc12. The number of para-hydroxylation sites is 1. The molecule has 1 aromatic heterocycles. The van der Waals surface area contributed by atoms with Crippen molar-refractivity contribution in [1.82, 2.24) is 15.6 Å². The van der Waals surface area contributed by atoms with Gasteiger partial charge < -0.3 is 15.7 Å². The van der Waals surface area contributed by atoms with Gasteiger partial charge in [-0.3, -0.25) is 14.6 Å². The van der Waals surface area contributed by atoms with Crippen LogP contribution in [0.1, 0.15) is 15.9 Å². The number of carbonyl (C=O) groups is 2. The van der Waals surface area contributed by atoms with Gasteiger partial charge in [0.1, 0.15) is 6.04 Å². The van der Waals surface area contributed by atoms with Crippen molar-refractivity contribution in [3.63, 3.8) is 0 Å². The fraction of sp³-hybridized carbons (Fsp3) is 0.150. The summed E-state index contributed by atoms with van der Waals surface area (Å²) in [6.45, 7) is -0.167. The fourth-order valence-corrected chi connectivity index (χ4v) is 2.63. The molecule has 2 aromatic carbocycles. The third kappa shape index (κ3) is 4.04. The van der Waals surface area contributed by atoms with Crippen LogP contribution in [0.3, 0.4) is 0 Å². The molecule has 0 aliphatic rings. The number of pyridine rings is 1. The summed E-state index contributed by atoms with van der Waals surface area (Å²) in [5.41, 5.74) is 2.03. The lowest BCUT2D eigenvalue weighted by atomic mass is 10.1. The minimum atomic E-state index is -1.03. The highest BCUT2D eigenvalue weighted by Gasteiger charge is 2.21. The molecule has 2 amide bonds. The molecule has 3 rings (SSSR count). The van der Waals surface area contributed by atoms with Crippen LogP contribution in [0.25, 0.3) is 10.9 Å². The smallest absolute Gasteiger partial charge is 0.252 e. The van der Waals surface area contributed by atoms with Crippen molar-refractivity contribution in [2.45, 2.75) is 12.6 Å². The summed E-state index contributed by atoms with van der Waals surface area (Å²) in [6.07, 6.45) is 1.54. The number of nitrogens with one attached hydrogen (secondary N) is 2. The first-order valence-electron chi connectivity index (χ1n) is 8.26. The largest absolute Gasteiger partial charge is 0.394 e. The number of hydrogen-bond donors (Lipinski definition) is 3. The molecule has 0 aliphatic carbocycles. The van der Waals surface area contributed by atoms with E-state index in [1.54, 1.807) is 18.3 Å². The second-order valence-electron chi connectivity index (χ2n) is 5.79. The summed E-state index contributed by atoms with van der Waals surface area (Å²) in [7, 11) is 0. The quantitative estimate of drug-likeness (QED) is 0.631. The molecule has 0 radical (unpaired) electrons. The van der Waals surface area contributed by atoms with Crippen LogP contribution in [0, 0.1) is 0 Å². The van der Waals surface area contributed by atoms with Crippen molar-refractivity contribution >= 4 is 22.7 Å². The summed E-state index contributed by atoms with van der Waals surface area (Å²) in [6, 6.07) is 17.2. The third-order valence-corrected chi connectivity index (χ3v) is 4.01. The lowest BCUT2D eigenvalue weighted by molar-refractivity contribution is -0.124. The number of rotatable bonds is 6. The van der Waals surface area contributed by atoms with E-state index in [0.717, 1.165) is 5.56 Å². The fourth-order valence-electron chi connectivity index (χ4n) is 2.63. The summed E-state index contributed by atoms with van der Waals surface area (Å²) < 4.78 is 0. The summed E-state index contributed by atoms with van der Waals surface area (Å²) in [5, 5.41) is 15.5. The monoisotopic (exact) mass is 349 g/mol. The molecule has 26 heavy (non-hydrogen) atoms. The van der Waals surface area contributed by atoms with Crippen LogP contribution in [0.5, 0.6) is 0 Å². The van der Waals surface area contributed by atoms with Gasteiger partial charge in [-0.05, 0) is 17.7 Å². The minimum absolute atomic E-state index is 0.324. The van der Waals surface area contributed by atoms with Crippen molar-refractivity contribution in [3.05, 3.63) is 78.0 Å². The van der Waals surface area contributed by atoms with Gasteiger partial charge in [-0.15, -0.1) is 0 Å². The van der Waals surface area contributed by atoms with E-state index in [4.69, 9.17) is 0 Å². The number of aliphatic hydroxyl groups is 1. The second kappa shape index (κ2) is 8.22. The molecule has 6 nitrogen and oxygen atoms in total. The highest BCUT2D eigenvalue weighted by molar-refractivity contribution is 6.07. The molecule has 1 unspecified atom stereocenters. The molecule has 0 saturated heterocycles. The Morgan fingerprint density at radius 3 is 2.50 bits per heavy atom. The molecule has 1 heterocycles. The highest BCUT2D eigenvalue weighted by Crippen LogP contribution is 2.16. The summed E-state index contributed by atoms with van der Waals surface area (Å²) in [4.78, 5) is 29.1. The van der Waals surface area contributed by atoms with E-state index in [1.807, 2.05) is 48.5 Å². The summed E-state index contributed by atoms with van der Waals surface area (Å²) >= 11 is 0. The van der Waals surface area contributed by atoms with Crippen LogP contribution in [-0.2, 0) is 11.3 Å². The standard InChI is InChI=1S/C20H19N3O3/c24-13-18(20(26)22-12-14-6-2-1-3-7-14)23-19(25)16-10-11-21-17-9-5-4-8-15(16)17/h1-11,18,24H,12-13H2,(H,22,26)(H,23,25). The molecule has 0 saturated carbocycles. The number of aliphatic hydroxyl groups excluding tert-OH is 1. The molecule has 3 N–H and O–H groups in total. The minimum Gasteiger partial charge on any atom is -0.394 e. The first-order valence-corrected chi connectivity index (χ1v) is 8.26. The first-order chi connectivity index (χ1) is 12.7. The number of fused-ring (bicyclic) bond motifs is 1. The number of aromatic nitrogens is 1.